The molecule has 238 valence electrons. The maximum atomic E-state index is 13.6. The average molecular weight is 633 g/mol. The van der Waals surface area contributed by atoms with Gasteiger partial charge in [-0.1, -0.05) is 42.5 Å². The Morgan fingerprint density at radius 3 is 1.98 bits per heavy atom. The van der Waals surface area contributed by atoms with Crippen LogP contribution in [0.1, 0.15) is 76.2 Å². The van der Waals surface area contributed by atoms with E-state index >= 15 is 0 Å². The molecule has 6 nitrogen and oxygen atoms in total. The Morgan fingerprint density at radius 2 is 1.44 bits per heavy atom. The second kappa shape index (κ2) is 14.0. The maximum absolute atomic E-state index is 13.6. The van der Waals surface area contributed by atoms with Gasteiger partial charge in [0.25, 0.3) is 5.91 Å². The zero-order valence-corrected chi connectivity index (χ0v) is 23.9. The summed E-state index contributed by atoms with van der Waals surface area (Å²) in [6.07, 6.45) is -4.26. The Morgan fingerprint density at radius 1 is 0.822 bits per heavy atom. The number of anilines is 1. The number of amides is 2. The van der Waals surface area contributed by atoms with Crippen molar-refractivity contribution in [2.75, 3.05) is 11.9 Å². The quantitative estimate of drug-likeness (QED) is 0.199. The molecular weight excluding hydrogens is 602 g/mol. The van der Waals surface area contributed by atoms with Crippen molar-refractivity contribution in [1.29, 1.82) is 0 Å². The number of allylic oxidation sites excluding steroid dienone is 2. The standard InChI is InChI=1S/C33H30F6N2O4/c34-32(35,36)25-17-26(33(37,38)39)19-27(18-25)41-31(45)28(23-12-10-22(11-13-23)21-4-2-1-3-5-21)16-20-6-8-24(9-7-20)30(44)40-15-14-29(42)43/h4,6-13,17-19,28H,1-3,5,14-16H2,(H,40,44)(H,41,45)(H,42,43). The maximum Gasteiger partial charge on any atom is 0.416 e. The van der Waals surface area contributed by atoms with E-state index < -0.39 is 52.9 Å². The lowest BCUT2D eigenvalue weighted by molar-refractivity contribution is -0.143. The molecule has 0 fully saturated rings. The highest BCUT2D eigenvalue weighted by molar-refractivity contribution is 5.96. The van der Waals surface area contributed by atoms with E-state index in [2.05, 4.69) is 16.7 Å². The molecule has 3 aromatic rings. The van der Waals surface area contributed by atoms with Crippen molar-refractivity contribution in [1.82, 2.24) is 5.32 Å². The van der Waals surface area contributed by atoms with Crippen molar-refractivity contribution in [2.24, 2.45) is 0 Å². The second-order valence-corrected chi connectivity index (χ2v) is 10.7. The second-order valence-electron chi connectivity index (χ2n) is 10.7. The summed E-state index contributed by atoms with van der Waals surface area (Å²) in [5, 5.41) is 13.5. The average Bonchev–Trinajstić information content (AvgIpc) is 2.99. The molecule has 3 aromatic carbocycles. The number of nitrogens with one attached hydrogen (secondary N) is 2. The van der Waals surface area contributed by atoms with Crippen molar-refractivity contribution in [2.45, 2.75) is 56.8 Å². The molecule has 0 heterocycles. The van der Waals surface area contributed by atoms with Crippen LogP contribution in [0.2, 0.25) is 0 Å². The van der Waals surface area contributed by atoms with Crippen LogP contribution in [-0.2, 0) is 28.4 Å². The van der Waals surface area contributed by atoms with E-state index in [4.69, 9.17) is 5.11 Å². The number of rotatable bonds is 10. The number of hydrogen-bond acceptors (Lipinski definition) is 3. The number of carboxylic acid groups (broad SMARTS) is 1. The summed E-state index contributed by atoms with van der Waals surface area (Å²) in [6, 6.07) is 14.1. The van der Waals surface area contributed by atoms with Gasteiger partial charge in [-0.05, 0) is 84.7 Å². The molecule has 0 spiro atoms. The minimum Gasteiger partial charge on any atom is -0.481 e. The molecule has 12 heteroatoms. The Balaban J connectivity index is 1.62. The van der Waals surface area contributed by atoms with Gasteiger partial charge >= 0.3 is 18.3 Å². The van der Waals surface area contributed by atoms with E-state index in [1.54, 1.807) is 24.3 Å². The van der Waals surface area contributed by atoms with Crippen molar-refractivity contribution in [3.05, 3.63) is 106 Å². The molecule has 0 bridgehead atoms. The van der Waals surface area contributed by atoms with Crippen LogP contribution in [0, 0.1) is 0 Å². The molecule has 0 aliphatic heterocycles. The lowest BCUT2D eigenvalue weighted by Gasteiger charge is -2.20. The normalized spacial score (nSPS) is 14.3. The Labute approximate surface area is 255 Å². The van der Waals surface area contributed by atoms with Gasteiger partial charge in [-0.15, -0.1) is 0 Å². The first-order valence-electron chi connectivity index (χ1n) is 14.2. The SMILES string of the molecule is O=C(O)CCNC(=O)c1ccc(CC(C(=O)Nc2cc(C(F)(F)F)cc(C(F)(F)F)c2)c2ccc(C3=CCCCC3)cc2)cc1. The van der Waals surface area contributed by atoms with Crippen LogP contribution in [0.4, 0.5) is 32.0 Å². The predicted molar refractivity (Wildman–Crippen MR) is 155 cm³/mol. The molecule has 45 heavy (non-hydrogen) atoms. The van der Waals surface area contributed by atoms with Gasteiger partial charge in [-0.25, -0.2) is 0 Å². The van der Waals surface area contributed by atoms with E-state index in [1.807, 2.05) is 12.1 Å². The number of carbonyl (C=O) groups excluding carboxylic acids is 2. The van der Waals surface area contributed by atoms with E-state index in [9.17, 15) is 40.7 Å². The van der Waals surface area contributed by atoms with E-state index in [0.717, 1.165) is 36.8 Å². The molecule has 0 saturated carbocycles. The van der Waals surface area contributed by atoms with Gasteiger partial charge in [0.1, 0.15) is 0 Å². The summed E-state index contributed by atoms with van der Waals surface area (Å²) in [5.41, 5.74) is -0.331. The van der Waals surface area contributed by atoms with Gasteiger partial charge in [0, 0.05) is 17.8 Å². The fourth-order valence-electron chi connectivity index (χ4n) is 5.06. The Kier molecular flexibility index (Phi) is 10.4. The molecule has 0 saturated heterocycles. The molecule has 0 aromatic heterocycles. The molecule has 1 aliphatic rings. The van der Waals surface area contributed by atoms with Crippen molar-refractivity contribution in [3.8, 4) is 0 Å². The fraction of sp³-hybridized carbons (Fsp3) is 0.303. The van der Waals surface area contributed by atoms with Gasteiger partial charge in [0.2, 0.25) is 5.91 Å². The summed E-state index contributed by atoms with van der Waals surface area (Å²) in [4.78, 5) is 36.6. The van der Waals surface area contributed by atoms with Crippen LogP contribution >= 0.6 is 0 Å². The summed E-state index contributed by atoms with van der Waals surface area (Å²) in [5.74, 6) is -3.41. The summed E-state index contributed by atoms with van der Waals surface area (Å²) < 4.78 is 80.6. The topological polar surface area (TPSA) is 95.5 Å². The fourth-order valence-corrected chi connectivity index (χ4v) is 5.06. The highest BCUT2D eigenvalue weighted by atomic mass is 19.4. The van der Waals surface area contributed by atoms with Crippen molar-refractivity contribution < 1.29 is 45.8 Å². The lowest BCUT2D eigenvalue weighted by atomic mass is 9.88. The van der Waals surface area contributed by atoms with Crippen LogP contribution in [-0.4, -0.2) is 29.4 Å². The third kappa shape index (κ3) is 9.19. The van der Waals surface area contributed by atoms with Gasteiger partial charge < -0.3 is 15.7 Å². The number of carbonyl (C=O) groups is 3. The molecule has 3 N–H and O–H groups in total. The number of benzene rings is 3. The number of alkyl halides is 6. The zero-order chi connectivity index (χ0) is 32.8. The van der Waals surface area contributed by atoms with Crippen LogP contribution in [0.5, 0.6) is 0 Å². The Hall–Kier alpha value is -4.61. The van der Waals surface area contributed by atoms with Crippen LogP contribution in [0.3, 0.4) is 0 Å². The largest absolute Gasteiger partial charge is 0.481 e. The van der Waals surface area contributed by atoms with Gasteiger partial charge in [-0.2, -0.15) is 26.3 Å². The van der Waals surface area contributed by atoms with Crippen molar-refractivity contribution >= 4 is 29.0 Å². The summed E-state index contributed by atoms with van der Waals surface area (Å²) in [7, 11) is 0. The van der Waals surface area contributed by atoms with E-state index in [1.165, 1.54) is 12.1 Å². The molecule has 4 rings (SSSR count). The Bertz CT molecular complexity index is 1530. The number of halogens is 6. The molecule has 1 atom stereocenters. The summed E-state index contributed by atoms with van der Waals surface area (Å²) >= 11 is 0. The molecular formula is C33H30F6N2O4. The lowest BCUT2D eigenvalue weighted by Crippen LogP contribution is -2.26. The monoisotopic (exact) mass is 632 g/mol. The first-order valence-corrected chi connectivity index (χ1v) is 14.2. The highest BCUT2D eigenvalue weighted by Crippen LogP contribution is 2.38. The van der Waals surface area contributed by atoms with Crippen LogP contribution in [0.25, 0.3) is 5.57 Å². The number of carboxylic acids is 1. The molecule has 2 amide bonds. The predicted octanol–water partition coefficient (Wildman–Crippen LogP) is 7.85. The highest BCUT2D eigenvalue weighted by Gasteiger charge is 2.37. The first-order chi connectivity index (χ1) is 21.2. The van der Waals surface area contributed by atoms with Gasteiger partial charge in [0.05, 0.1) is 23.5 Å². The van der Waals surface area contributed by atoms with Gasteiger partial charge in [-0.3, -0.25) is 14.4 Å². The smallest absolute Gasteiger partial charge is 0.416 e. The van der Waals surface area contributed by atoms with Crippen LogP contribution < -0.4 is 10.6 Å². The minimum absolute atomic E-state index is 0.00874. The van der Waals surface area contributed by atoms with E-state index in [-0.39, 0.29) is 31.0 Å². The third-order valence-electron chi connectivity index (χ3n) is 7.43. The first kappa shape index (κ1) is 33.3. The van der Waals surface area contributed by atoms with Crippen molar-refractivity contribution in [3.63, 3.8) is 0 Å². The van der Waals surface area contributed by atoms with Gasteiger partial charge in [0.15, 0.2) is 0 Å². The summed E-state index contributed by atoms with van der Waals surface area (Å²) in [6.45, 7) is -0.0728. The molecule has 0 radical (unpaired) electrons. The molecule has 1 unspecified atom stereocenters. The third-order valence-corrected chi connectivity index (χ3v) is 7.43. The van der Waals surface area contributed by atoms with Crippen LogP contribution in [0.15, 0.2) is 72.8 Å². The van der Waals surface area contributed by atoms with E-state index in [0.29, 0.717) is 23.3 Å². The number of aliphatic carboxylic acids is 1. The number of hydrogen-bond donors (Lipinski definition) is 3. The zero-order valence-electron chi connectivity index (χ0n) is 23.9. The minimum atomic E-state index is -5.08. The molecule has 1 aliphatic carbocycles.